The van der Waals surface area contributed by atoms with Crippen molar-refractivity contribution in [3.63, 3.8) is 0 Å². The van der Waals surface area contributed by atoms with Crippen molar-refractivity contribution in [3.05, 3.63) is 0 Å². The maximum absolute atomic E-state index is 11.7. The highest BCUT2D eigenvalue weighted by Gasteiger charge is 2.37. The zero-order valence-corrected chi connectivity index (χ0v) is 11.2. The quantitative estimate of drug-likeness (QED) is 0.535. The van der Waals surface area contributed by atoms with Gasteiger partial charge in [0.1, 0.15) is 0 Å². The lowest BCUT2D eigenvalue weighted by atomic mass is 9.76. The second-order valence-electron chi connectivity index (χ2n) is 5.32. The molecule has 2 unspecified atom stereocenters. The zero-order chi connectivity index (χ0) is 11.4. The molecule has 0 bridgehead atoms. The third kappa shape index (κ3) is 4.41. The van der Waals surface area contributed by atoms with E-state index in [9.17, 15) is 4.79 Å². The summed E-state index contributed by atoms with van der Waals surface area (Å²) in [5.74, 6) is -0.0678. The van der Waals surface area contributed by atoms with Crippen LogP contribution in [0, 0.1) is 10.8 Å². The summed E-state index contributed by atoms with van der Waals surface area (Å²) in [6.45, 7) is 10.6. The van der Waals surface area contributed by atoms with Crippen LogP contribution in [0.2, 0.25) is 0 Å². The number of ether oxygens (including phenoxy) is 1. The van der Waals surface area contributed by atoms with Crippen LogP contribution in [0.15, 0.2) is 0 Å². The van der Waals surface area contributed by atoms with Gasteiger partial charge in [0, 0.05) is 0 Å². The van der Waals surface area contributed by atoms with E-state index >= 15 is 0 Å². The van der Waals surface area contributed by atoms with E-state index in [0.29, 0.717) is 0 Å². The van der Waals surface area contributed by atoms with Gasteiger partial charge in [0.05, 0.1) is 12.5 Å². The molecule has 0 aromatic rings. The largest absolute Gasteiger partial charge is 0.469 e. The average molecular weight is 218 g/mol. The molecule has 0 N–H and O–H groups in total. The second-order valence-corrected chi connectivity index (χ2v) is 6.38. The first-order valence-electron chi connectivity index (χ1n) is 4.98. The Morgan fingerprint density at radius 1 is 1.29 bits per heavy atom. The summed E-state index contributed by atoms with van der Waals surface area (Å²) in [6, 6.07) is 0. The minimum absolute atomic E-state index is 0.0678. The molecule has 0 radical (unpaired) electrons. The molecule has 0 aromatic heterocycles. The van der Waals surface area contributed by atoms with Gasteiger partial charge in [-0.05, 0) is 31.6 Å². The zero-order valence-electron chi connectivity index (χ0n) is 10.2. The van der Waals surface area contributed by atoms with Crippen molar-refractivity contribution in [2.75, 3.05) is 19.9 Å². The van der Waals surface area contributed by atoms with Gasteiger partial charge in [0.25, 0.3) is 0 Å². The Balaban J connectivity index is 4.63. The van der Waals surface area contributed by atoms with Crippen LogP contribution in [-0.2, 0) is 9.53 Å². The highest BCUT2D eigenvalue weighted by Crippen LogP contribution is 2.37. The van der Waals surface area contributed by atoms with Gasteiger partial charge in [-0.25, -0.2) is 0 Å². The minimum Gasteiger partial charge on any atom is -0.469 e. The van der Waals surface area contributed by atoms with E-state index < -0.39 is 0 Å². The summed E-state index contributed by atoms with van der Waals surface area (Å²) in [6.07, 6.45) is 1.81. The van der Waals surface area contributed by atoms with Gasteiger partial charge in [-0.2, -0.15) is 0 Å². The predicted molar refractivity (Wildman–Crippen MR) is 63.3 cm³/mol. The van der Waals surface area contributed by atoms with Gasteiger partial charge < -0.3 is 4.74 Å². The Bertz CT molecular complexity index is 196. The molecule has 3 heteroatoms. The molecular formula is C11H23O2P. The Morgan fingerprint density at radius 2 is 1.79 bits per heavy atom. The highest BCUT2D eigenvalue weighted by molar-refractivity contribution is 7.37. The Labute approximate surface area is 89.6 Å². The third-order valence-electron chi connectivity index (χ3n) is 2.17. The highest BCUT2D eigenvalue weighted by atomic mass is 31.1. The van der Waals surface area contributed by atoms with Gasteiger partial charge in [-0.3, -0.25) is 4.79 Å². The topological polar surface area (TPSA) is 26.3 Å². The normalized spacial score (nSPS) is 17.0. The fraction of sp³-hybridized carbons (Fsp3) is 0.909. The number of esters is 1. The van der Waals surface area contributed by atoms with Crippen LogP contribution >= 0.6 is 8.58 Å². The van der Waals surface area contributed by atoms with Crippen molar-refractivity contribution >= 4 is 14.6 Å². The van der Waals surface area contributed by atoms with E-state index in [1.807, 2.05) is 6.92 Å². The number of carbonyl (C=O) groups excluding carboxylic acids is 1. The molecule has 2 nitrogen and oxygen atoms in total. The summed E-state index contributed by atoms with van der Waals surface area (Å²) in [4.78, 5) is 11.7. The number of carbonyl (C=O) groups is 1. The first kappa shape index (κ1) is 13.9. The molecule has 0 rings (SSSR count). The third-order valence-corrected chi connectivity index (χ3v) is 3.30. The second kappa shape index (κ2) is 5.11. The van der Waals surface area contributed by atoms with Crippen LogP contribution in [0.5, 0.6) is 0 Å². The van der Waals surface area contributed by atoms with Crippen LogP contribution < -0.4 is 0 Å². The maximum atomic E-state index is 11.7. The molecule has 0 aliphatic rings. The molecule has 0 amide bonds. The summed E-state index contributed by atoms with van der Waals surface area (Å²) in [7, 11) is 2.26. The standard InChI is InChI=1S/C11H23O2P/c1-10(2,3)7-11(4,8-14-6)9(12)13-5/h14H,7-8H2,1-6H3. The SMILES string of the molecule is COC(=O)C(C)(CPC)CC(C)(C)C. The summed E-state index contributed by atoms with van der Waals surface area (Å²) >= 11 is 0. The molecule has 14 heavy (non-hydrogen) atoms. The fourth-order valence-electron chi connectivity index (χ4n) is 2.01. The van der Waals surface area contributed by atoms with Crippen molar-refractivity contribution in [3.8, 4) is 0 Å². The molecule has 0 aliphatic carbocycles. The summed E-state index contributed by atoms with van der Waals surface area (Å²) in [5.41, 5.74) is -0.136. The van der Waals surface area contributed by atoms with Crippen LogP contribution in [0.4, 0.5) is 0 Å². The Hall–Kier alpha value is -0.100. The van der Waals surface area contributed by atoms with E-state index in [-0.39, 0.29) is 16.8 Å². The smallest absolute Gasteiger partial charge is 0.311 e. The molecule has 0 aliphatic heterocycles. The summed E-state index contributed by atoms with van der Waals surface area (Å²) < 4.78 is 4.88. The summed E-state index contributed by atoms with van der Waals surface area (Å²) in [5, 5.41) is 0. The predicted octanol–water partition coefficient (Wildman–Crippen LogP) is 2.91. The van der Waals surface area contributed by atoms with E-state index in [4.69, 9.17) is 4.74 Å². The van der Waals surface area contributed by atoms with Gasteiger partial charge in [0.15, 0.2) is 0 Å². The molecular weight excluding hydrogens is 195 g/mol. The van der Waals surface area contributed by atoms with Crippen LogP contribution in [-0.4, -0.2) is 25.9 Å². The van der Waals surface area contributed by atoms with Gasteiger partial charge in [-0.1, -0.05) is 20.8 Å². The minimum atomic E-state index is -0.305. The van der Waals surface area contributed by atoms with Gasteiger partial charge in [-0.15, -0.1) is 8.58 Å². The average Bonchev–Trinajstić information content (AvgIpc) is 2.00. The molecule has 0 aromatic carbocycles. The molecule has 2 atom stereocenters. The van der Waals surface area contributed by atoms with Crippen LogP contribution in [0.25, 0.3) is 0 Å². The van der Waals surface area contributed by atoms with Crippen LogP contribution in [0.3, 0.4) is 0 Å². The van der Waals surface area contributed by atoms with Crippen molar-refractivity contribution in [2.24, 2.45) is 10.8 Å². The first-order chi connectivity index (χ1) is 6.25. The first-order valence-corrected chi connectivity index (χ1v) is 6.69. The fourth-order valence-corrected chi connectivity index (χ4v) is 3.06. The lowest BCUT2D eigenvalue weighted by Gasteiger charge is -2.32. The lowest BCUT2D eigenvalue weighted by molar-refractivity contribution is -0.152. The maximum Gasteiger partial charge on any atom is 0.311 e. The number of hydrogen-bond acceptors (Lipinski definition) is 2. The number of methoxy groups -OCH3 is 1. The number of hydrogen-bond donors (Lipinski definition) is 0. The van der Waals surface area contributed by atoms with Crippen LogP contribution in [0.1, 0.15) is 34.1 Å². The van der Waals surface area contributed by atoms with E-state index in [1.165, 1.54) is 7.11 Å². The molecule has 0 spiro atoms. The molecule has 0 heterocycles. The Kier molecular flexibility index (Phi) is 5.08. The van der Waals surface area contributed by atoms with Crippen molar-refractivity contribution in [2.45, 2.75) is 34.1 Å². The van der Waals surface area contributed by atoms with E-state index in [1.54, 1.807) is 0 Å². The van der Waals surface area contributed by atoms with Gasteiger partial charge in [0.2, 0.25) is 0 Å². The van der Waals surface area contributed by atoms with Crippen molar-refractivity contribution < 1.29 is 9.53 Å². The van der Waals surface area contributed by atoms with Crippen molar-refractivity contribution in [1.82, 2.24) is 0 Å². The van der Waals surface area contributed by atoms with Crippen molar-refractivity contribution in [1.29, 1.82) is 0 Å². The lowest BCUT2D eigenvalue weighted by Crippen LogP contribution is -2.35. The van der Waals surface area contributed by atoms with E-state index in [2.05, 4.69) is 27.4 Å². The monoisotopic (exact) mass is 218 g/mol. The molecule has 84 valence electrons. The number of rotatable bonds is 4. The van der Waals surface area contributed by atoms with Gasteiger partial charge >= 0.3 is 5.97 Å². The molecule has 0 saturated heterocycles. The molecule has 0 fully saturated rings. The Morgan fingerprint density at radius 3 is 2.07 bits per heavy atom. The molecule has 0 saturated carbocycles. The van der Waals surface area contributed by atoms with E-state index in [0.717, 1.165) is 21.2 Å².